The van der Waals surface area contributed by atoms with E-state index < -0.39 is 17.9 Å². The third-order valence-corrected chi connectivity index (χ3v) is 4.25. The Balaban J connectivity index is 0.000000292. The molecule has 12 nitrogen and oxygen atoms in total. The molecule has 0 amide bonds. The van der Waals surface area contributed by atoms with Gasteiger partial charge in [0.1, 0.15) is 0 Å². The van der Waals surface area contributed by atoms with Gasteiger partial charge in [-0.1, -0.05) is 18.2 Å². The first kappa shape index (κ1) is 31.1. The summed E-state index contributed by atoms with van der Waals surface area (Å²) in [4.78, 5) is 30.4. The normalized spacial score (nSPS) is 10.5. The number of carboxylic acid groups (broad SMARTS) is 3. The van der Waals surface area contributed by atoms with Crippen LogP contribution in [0.1, 0.15) is 16.7 Å². The van der Waals surface area contributed by atoms with Crippen LogP contribution in [0.2, 0.25) is 0 Å². The Labute approximate surface area is 220 Å². The highest BCUT2D eigenvalue weighted by Crippen LogP contribution is 2.26. The molecule has 0 aromatic heterocycles. The second-order valence-corrected chi connectivity index (χ2v) is 7.26. The first-order valence-electron chi connectivity index (χ1n) is 10.6. The maximum Gasteiger partial charge on any atom is 0.328 e. The maximum atomic E-state index is 10.1. The average molecular weight is 540 g/mol. The summed E-state index contributed by atoms with van der Waals surface area (Å²) in [5, 5.41) is 78.8. The molecule has 0 fully saturated rings. The van der Waals surface area contributed by atoms with Crippen molar-refractivity contribution in [3.05, 3.63) is 89.5 Å². The van der Waals surface area contributed by atoms with E-state index in [4.69, 9.17) is 46.0 Å². The fourth-order valence-corrected chi connectivity index (χ4v) is 2.43. The molecule has 0 saturated carbocycles. The van der Waals surface area contributed by atoms with Gasteiger partial charge in [-0.05, 0) is 71.3 Å². The molecule has 0 aliphatic heterocycles. The van der Waals surface area contributed by atoms with Crippen molar-refractivity contribution in [2.75, 3.05) is 0 Å². The Hall–Kier alpha value is -5.91. The molecule has 39 heavy (non-hydrogen) atoms. The van der Waals surface area contributed by atoms with E-state index in [-0.39, 0.29) is 34.5 Å². The van der Waals surface area contributed by atoms with E-state index >= 15 is 0 Å². The van der Waals surface area contributed by atoms with Crippen LogP contribution in [0.3, 0.4) is 0 Å². The smallest absolute Gasteiger partial charge is 0.328 e. The van der Waals surface area contributed by atoms with E-state index in [0.29, 0.717) is 16.7 Å². The summed E-state index contributed by atoms with van der Waals surface area (Å²) in [6, 6.07) is 12.2. The molecule has 204 valence electrons. The lowest BCUT2D eigenvalue weighted by molar-refractivity contribution is -0.132. The number of benzene rings is 3. The quantitative estimate of drug-likeness (QED) is 0.161. The zero-order valence-corrected chi connectivity index (χ0v) is 19.9. The molecule has 0 saturated heterocycles. The van der Waals surface area contributed by atoms with E-state index in [0.717, 1.165) is 18.2 Å². The van der Waals surface area contributed by atoms with Gasteiger partial charge in [0.25, 0.3) is 0 Å². The molecule has 3 aromatic rings. The highest BCUT2D eigenvalue weighted by Gasteiger charge is 2.00. The molecule has 3 aromatic carbocycles. The Bertz CT molecular complexity index is 1230. The lowest BCUT2D eigenvalue weighted by Gasteiger charge is -1.97. The van der Waals surface area contributed by atoms with Crippen LogP contribution < -0.4 is 0 Å². The Kier molecular flexibility index (Phi) is 12.2. The van der Waals surface area contributed by atoms with Gasteiger partial charge in [0.05, 0.1) is 0 Å². The number of phenols is 6. The SMILES string of the molecule is O=C(O)/C=C/c1ccc(O)c(O)c1.O=C(O)/C=C/c1ccc(O)c(O)c1.O=C(O)C=Cc1ccc(O)c(O)c1. The van der Waals surface area contributed by atoms with Gasteiger partial charge >= 0.3 is 17.9 Å². The van der Waals surface area contributed by atoms with Crippen molar-refractivity contribution in [1.29, 1.82) is 0 Å². The van der Waals surface area contributed by atoms with Gasteiger partial charge in [0.15, 0.2) is 34.5 Å². The highest BCUT2D eigenvalue weighted by molar-refractivity contribution is 5.86. The van der Waals surface area contributed by atoms with Crippen molar-refractivity contribution in [2.45, 2.75) is 0 Å². The van der Waals surface area contributed by atoms with Gasteiger partial charge in [0.2, 0.25) is 0 Å². The maximum absolute atomic E-state index is 10.1. The molecule has 0 atom stereocenters. The average Bonchev–Trinajstić information content (AvgIpc) is 2.87. The van der Waals surface area contributed by atoms with Crippen molar-refractivity contribution >= 4 is 36.1 Å². The molecular weight excluding hydrogens is 516 g/mol. The van der Waals surface area contributed by atoms with Crippen LogP contribution >= 0.6 is 0 Å². The summed E-state index contributed by atoms with van der Waals surface area (Å²) in [7, 11) is 0. The second-order valence-electron chi connectivity index (χ2n) is 7.26. The van der Waals surface area contributed by atoms with Crippen LogP contribution in [0.5, 0.6) is 34.5 Å². The van der Waals surface area contributed by atoms with Crippen LogP contribution in [-0.2, 0) is 14.4 Å². The van der Waals surface area contributed by atoms with Gasteiger partial charge in [-0.2, -0.15) is 0 Å². The summed E-state index contributed by atoms with van der Waals surface area (Å²) < 4.78 is 0. The number of hydrogen-bond donors (Lipinski definition) is 9. The largest absolute Gasteiger partial charge is 0.504 e. The summed E-state index contributed by atoms with van der Waals surface area (Å²) in [6.45, 7) is 0. The first-order valence-corrected chi connectivity index (χ1v) is 10.6. The van der Waals surface area contributed by atoms with Gasteiger partial charge < -0.3 is 46.0 Å². The molecule has 9 N–H and O–H groups in total. The minimum Gasteiger partial charge on any atom is -0.504 e. The molecule has 0 spiro atoms. The van der Waals surface area contributed by atoms with Crippen molar-refractivity contribution in [3.63, 3.8) is 0 Å². The molecule has 3 rings (SSSR count). The second kappa shape index (κ2) is 15.3. The third kappa shape index (κ3) is 12.6. The number of aromatic hydroxyl groups is 6. The summed E-state index contributed by atoms with van der Waals surface area (Å²) in [5.74, 6) is -4.69. The lowest BCUT2D eigenvalue weighted by atomic mass is 10.2. The van der Waals surface area contributed by atoms with Crippen molar-refractivity contribution < 1.29 is 60.3 Å². The molecule has 0 unspecified atom stereocenters. The molecule has 0 aliphatic carbocycles. The number of hydrogen-bond acceptors (Lipinski definition) is 9. The number of rotatable bonds is 6. The Morgan fingerprint density at radius 2 is 0.641 bits per heavy atom. The van der Waals surface area contributed by atoms with E-state index in [2.05, 4.69) is 0 Å². The first-order chi connectivity index (χ1) is 18.3. The van der Waals surface area contributed by atoms with Crippen molar-refractivity contribution in [3.8, 4) is 34.5 Å². The monoisotopic (exact) mass is 540 g/mol. The minimum atomic E-state index is -1.06. The lowest BCUT2D eigenvalue weighted by Crippen LogP contribution is -1.85. The highest BCUT2D eigenvalue weighted by atomic mass is 16.4. The Morgan fingerprint density at radius 3 is 0.821 bits per heavy atom. The predicted molar refractivity (Wildman–Crippen MR) is 139 cm³/mol. The standard InChI is InChI=1S/3C9H8O4/c3*10-7-3-1-6(5-8(7)11)2-4-9(12)13/h3*1-5,10-11H,(H,12,13)/b2*4-2+;. The van der Waals surface area contributed by atoms with Gasteiger partial charge in [-0.3, -0.25) is 0 Å². The molecular formula is C27H24O12. The van der Waals surface area contributed by atoms with E-state index in [9.17, 15) is 14.4 Å². The van der Waals surface area contributed by atoms with E-state index in [1.54, 1.807) is 0 Å². The predicted octanol–water partition coefficient (Wildman–Crippen LogP) is 3.59. The summed E-state index contributed by atoms with van der Waals surface area (Å²) in [5.41, 5.74) is 1.54. The summed E-state index contributed by atoms with van der Waals surface area (Å²) >= 11 is 0. The van der Waals surface area contributed by atoms with Crippen LogP contribution in [0, 0.1) is 0 Å². The fourth-order valence-electron chi connectivity index (χ4n) is 2.43. The molecule has 12 heteroatoms. The van der Waals surface area contributed by atoms with Gasteiger partial charge in [-0.25, -0.2) is 14.4 Å². The number of phenolic OH excluding ortho intramolecular Hbond substituents is 6. The van der Waals surface area contributed by atoms with Crippen LogP contribution in [0.15, 0.2) is 72.8 Å². The molecule has 0 bridgehead atoms. The molecule has 0 aliphatic rings. The topological polar surface area (TPSA) is 233 Å². The minimum absolute atomic E-state index is 0.229. The number of aliphatic carboxylic acids is 3. The van der Waals surface area contributed by atoms with Gasteiger partial charge in [0, 0.05) is 18.2 Å². The third-order valence-electron chi connectivity index (χ3n) is 4.25. The number of carbonyl (C=O) groups is 3. The van der Waals surface area contributed by atoms with Crippen LogP contribution in [-0.4, -0.2) is 63.9 Å². The van der Waals surface area contributed by atoms with E-state index in [1.165, 1.54) is 72.8 Å². The number of carboxylic acids is 3. The van der Waals surface area contributed by atoms with Gasteiger partial charge in [-0.15, -0.1) is 0 Å². The molecule has 0 radical (unpaired) electrons. The van der Waals surface area contributed by atoms with Crippen molar-refractivity contribution in [2.24, 2.45) is 0 Å². The zero-order chi connectivity index (χ0) is 29.5. The van der Waals surface area contributed by atoms with Crippen molar-refractivity contribution in [1.82, 2.24) is 0 Å². The van der Waals surface area contributed by atoms with Crippen LogP contribution in [0.4, 0.5) is 0 Å². The van der Waals surface area contributed by atoms with Crippen LogP contribution in [0.25, 0.3) is 18.2 Å². The van der Waals surface area contributed by atoms with E-state index in [1.807, 2.05) is 0 Å². The fraction of sp³-hybridized carbons (Fsp3) is 0. The Morgan fingerprint density at radius 1 is 0.410 bits per heavy atom. The zero-order valence-electron chi connectivity index (χ0n) is 19.9. The summed E-state index contributed by atoms with van der Waals surface area (Å²) in [6.07, 6.45) is 6.81. The molecule has 0 heterocycles.